The maximum absolute atomic E-state index is 8.96. The van der Waals surface area contributed by atoms with Crippen molar-refractivity contribution in [2.75, 3.05) is 5.75 Å². The molecule has 0 aliphatic heterocycles. The molecule has 0 spiro atoms. The van der Waals surface area contributed by atoms with Crippen LogP contribution in [0.2, 0.25) is 0 Å². The van der Waals surface area contributed by atoms with Gasteiger partial charge < -0.3 is 15.7 Å². The molecule has 2 aromatic rings. The summed E-state index contributed by atoms with van der Waals surface area (Å²) in [4.78, 5) is 4.90. The second-order valence-electron chi connectivity index (χ2n) is 3.84. The van der Waals surface area contributed by atoms with Gasteiger partial charge in [-0.05, 0) is 30.0 Å². The minimum absolute atomic E-state index is 0.0282. The smallest absolute Gasteiger partial charge is 0.175 e. The molecule has 0 saturated heterocycles. The lowest BCUT2D eigenvalue weighted by molar-refractivity contribution is 0.318. The molecule has 1 heterocycles. The van der Waals surface area contributed by atoms with Gasteiger partial charge in [0, 0.05) is 11.1 Å². The number of benzene rings is 1. The van der Waals surface area contributed by atoms with Crippen molar-refractivity contribution in [2.45, 2.75) is 11.8 Å². The lowest BCUT2D eigenvalue weighted by Gasteiger charge is -2.13. The molecule has 0 bridgehead atoms. The fraction of sp³-hybridized carbons (Fsp3) is 0.143. The number of oxime groups is 1. The fourth-order valence-corrected chi connectivity index (χ4v) is 2.54. The topological polar surface area (TPSA) is 80.7 Å². The Morgan fingerprint density at radius 2 is 2.25 bits per heavy atom. The SMILES string of the molecule is CCSc1cccc(Oc2cccnc2)c1/C(N)=N/O. The lowest BCUT2D eigenvalue weighted by Crippen LogP contribution is -2.15. The third-order valence-corrected chi connectivity index (χ3v) is 3.45. The highest BCUT2D eigenvalue weighted by Gasteiger charge is 2.14. The van der Waals surface area contributed by atoms with Crippen LogP contribution < -0.4 is 10.5 Å². The van der Waals surface area contributed by atoms with Gasteiger partial charge in [0.1, 0.15) is 11.5 Å². The predicted molar refractivity (Wildman–Crippen MR) is 79.7 cm³/mol. The van der Waals surface area contributed by atoms with E-state index < -0.39 is 0 Å². The van der Waals surface area contributed by atoms with Crippen LogP contribution >= 0.6 is 11.8 Å². The summed E-state index contributed by atoms with van der Waals surface area (Å²) in [5, 5.41) is 12.0. The van der Waals surface area contributed by atoms with E-state index in [4.69, 9.17) is 15.7 Å². The number of aromatic nitrogens is 1. The molecule has 5 nitrogen and oxygen atoms in total. The van der Waals surface area contributed by atoms with Gasteiger partial charge in [-0.25, -0.2) is 0 Å². The van der Waals surface area contributed by atoms with Crippen molar-refractivity contribution in [1.29, 1.82) is 0 Å². The summed E-state index contributed by atoms with van der Waals surface area (Å²) in [7, 11) is 0. The maximum atomic E-state index is 8.96. The third kappa shape index (κ3) is 3.21. The Morgan fingerprint density at radius 3 is 2.90 bits per heavy atom. The zero-order valence-electron chi connectivity index (χ0n) is 11.0. The molecule has 20 heavy (non-hydrogen) atoms. The van der Waals surface area contributed by atoms with E-state index in [1.807, 2.05) is 19.1 Å². The van der Waals surface area contributed by atoms with Crippen LogP contribution in [0, 0.1) is 0 Å². The van der Waals surface area contributed by atoms with Crippen LogP contribution in [0.1, 0.15) is 12.5 Å². The summed E-state index contributed by atoms with van der Waals surface area (Å²) in [5.74, 6) is 2.03. The van der Waals surface area contributed by atoms with Gasteiger partial charge in [-0.15, -0.1) is 11.8 Å². The lowest BCUT2D eigenvalue weighted by atomic mass is 10.2. The Hall–Kier alpha value is -2.21. The van der Waals surface area contributed by atoms with Crippen molar-refractivity contribution < 1.29 is 9.94 Å². The number of pyridine rings is 1. The summed E-state index contributed by atoms with van der Waals surface area (Å²) in [6.07, 6.45) is 3.27. The Morgan fingerprint density at radius 1 is 1.40 bits per heavy atom. The zero-order valence-corrected chi connectivity index (χ0v) is 11.8. The van der Waals surface area contributed by atoms with Crippen molar-refractivity contribution in [2.24, 2.45) is 10.9 Å². The van der Waals surface area contributed by atoms with Gasteiger partial charge in [0.15, 0.2) is 5.84 Å². The first-order chi connectivity index (χ1) is 9.76. The van der Waals surface area contributed by atoms with E-state index in [-0.39, 0.29) is 5.84 Å². The molecule has 0 saturated carbocycles. The number of rotatable bonds is 5. The highest BCUT2D eigenvalue weighted by atomic mass is 32.2. The van der Waals surface area contributed by atoms with E-state index in [0.29, 0.717) is 17.1 Å². The van der Waals surface area contributed by atoms with Gasteiger partial charge in [0.2, 0.25) is 0 Å². The number of nitrogens with zero attached hydrogens (tertiary/aromatic N) is 2. The van der Waals surface area contributed by atoms with Crippen molar-refractivity contribution >= 4 is 17.6 Å². The molecule has 0 unspecified atom stereocenters. The first-order valence-electron chi connectivity index (χ1n) is 6.07. The highest BCUT2D eigenvalue weighted by molar-refractivity contribution is 7.99. The Kier molecular flexibility index (Phi) is 4.84. The van der Waals surface area contributed by atoms with Crippen LogP contribution in [-0.4, -0.2) is 21.8 Å². The molecule has 0 aliphatic rings. The van der Waals surface area contributed by atoms with Crippen LogP contribution in [0.5, 0.6) is 11.5 Å². The summed E-state index contributed by atoms with van der Waals surface area (Å²) in [6, 6.07) is 9.14. The molecule has 0 aliphatic carbocycles. The summed E-state index contributed by atoms with van der Waals surface area (Å²) in [5.41, 5.74) is 6.36. The van der Waals surface area contributed by atoms with E-state index >= 15 is 0 Å². The normalized spacial score (nSPS) is 11.3. The highest BCUT2D eigenvalue weighted by Crippen LogP contribution is 2.32. The molecule has 3 N–H and O–H groups in total. The van der Waals surface area contributed by atoms with E-state index in [1.54, 1.807) is 42.4 Å². The van der Waals surface area contributed by atoms with Crippen molar-refractivity contribution in [1.82, 2.24) is 4.98 Å². The molecule has 0 fully saturated rings. The van der Waals surface area contributed by atoms with Gasteiger partial charge >= 0.3 is 0 Å². The van der Waals surface area contributed by atoms with Crippen LogP contribution in [0.25, 0.3) is 0 Å². The Balaban J connectivity index is 2.44. The quantitative estimate of drug-likeness (QED) is 0.291. The number of nitrogens with two attached hydrogens (primary N) is 1. The van der Waals surface area contributed by atoms with Crippen molar-refractivity contribution in [3.63, 3.8) is 0 Å². The monoisotopic (exact) mass is 289 g/mol. The van der Waals surface area contributed by atoms with E-state index in [1.165, 1.54) is 0 Å². The summed E-state index contributed by atoms with van der Waals surface area (Å²) < 4.78 is 5.77. The number of ether oxygens (including phenoxy) is 1. The minimum atomic E-state index is 0.0282. The second-order valence-corrected chi connectivity index (χ2v) is 5.14. The molecule has 0 atom stereocenters. The maximum Gasteiger partial charge on any atom is 0.175 e. The largest absolute Gasteiger partial charge is 0.455 e. The number of amidine groups is 1. The standard InChI is InChI=1S/C14H15N3O2S/c1-2-20-12-7-3-6-11(13(12)14(15)17-18)19-10-5-4-8-16-9-10/h3-9,18H,2H2,1H3,(H2,15,17). The second kappa shape index (κ2) is 6.81. The summed E-state index contributed by atoms with van der Waals surface area (Å²) in [6.45, 7) is 2.04. The summed E-state index contributed by atoms with van der Waals surface area (Å²) >= 11 is 1.60. The van der Waals surface area contributed by atoms with Gasteiger partial charge in [-0.3, -0.25) is 4.98 Å². The molecule has 0 amide bonds. The molecule has 104 valence electrons. The van der Waals surface area contributed by atoms with E-state index in [2.05, 4.69) is 10.1 Å². The first kappa shape index (κ1) is 14.2. The minimum Gasteiger partial charge on any atom is -0.455 e. The third-order valence-electron chi connectivity index (χ3n) is 2.51. The molecule has 1 aromatic carbocycles. The van der Waals surface area contributed by atoms with Gasteiger partial charge in [-0.1, -0.05) is 18.1 Å². The number of hydrogen-bond donors (Lipinski definition) is 2. The number of hydrogen-bond acceptors (Lipinski definition) is 5. The van der Waals surface area contributed by atoms with Crippen LogP contribution in [0.15, 0.2) is 52.8 Å². The van der Waals surface area contributed by atoms with E-state index in [9.17, 15) is 0 Å². The van der Waals surface area contributed by atoms with Gasteiger partial charge in [-0.2, -0.15) is 0 Å². The molecule has 6 heteroatoms. The predicted octanol–water partition coefficient (Wildman–Crippen LogP) is 3.08. The molecule has 2 rings (SSSR count). The molecular formula is C14H15N3O2S. The molecular weight excluding hydrogens is 274 g/mol. The van der Waals surface area contributed by atoms with Gasteiger partial charge in [0.25, 0.3) is 0 Å². The van der Waals surface area contributed by atoms with E-state index in [0.717, 1.165) is 10.6 Å². The van der Waals surface area contributed by atoms with Crippen LogP contribution in [-0.2, 0) is 0 Å². The van der Waals surface area contributed by atoms with Crippen molar-refractivity contribution in [3.8, 4) is 11.5 Å². The Labute approximate surface area is 121 Å². The van der Waals surface area contributed by atoms with Crippen LogP contribution in [0.4, 0.5) is 0 Å². The average Bonchev–Trinajstić information content (AvgIpc) is 2.48. The van der Waals surface area contributed by atoms with Crippen LogP contribution in [0.3, 0.4) is 0 Å². The molecule has 0 radical (unpaired) electrons. The average molecular weight is 289 g/mol. The Bertz CT molecular complexity index is 603. The van der Waals surface area contributed by atoms with Gasteiger partial charge in [0.05, 0.1) is 11.8 Å². The number of thioether (sulfide) groups is 1. The zero-order chi connectivity index (χ0) is 14.4. The van der Waals surface area contributed by atoms with Crippen molar-refractivity contribution in [3.05, 3.63) is 48.3 Å². The first-order valence-corrected chi connectivity index (χ1v) is 7.06. The fourth-order valence-electron chi connectivity index (χ4n) is 1.71. The molecule has 1 aromatic heterocycles.